The van der Waals surface area contributed by atoms with Crippen LogP contribution in [-0.2, 0) is 16.0 Å². The van der Waals surface area contributed by atoms with Crippen LogP contribution in [0.3, 0.4) is 0 Å². The molecule has 1 atom stereocenters. The number of nitrogens with zero attached hydrogens (tertiary/aromatic N) is 1. The molecule has 1 aliphatic rings. The molecule has 1 aliphatic heterocycles. The summed E-state index contributed by atoms with van der Waals surface area (Å²) in [5.74, 6) is 0.0450. The van der Waals surface area contributed by atoms with Crippen molar-refractivity contribution in [1.82, 2.24) is 5.32 Å². The molecule has 5 nitrogen and oxygen atoms in total. The molecule has 0 radical (unpaired) electrons. The largest absolute Gasteiger partial charge is 0.477 e. The quantitative estimate of drug-likeness (QED) is 0.892. The molecule has 0 saturated heterocycles. The Morgan fingerprint density at radius 1 is 1.24 bits per heavy atom. The van der Waals surface area contributed by atoms with Gasteiger partial charge in [0.25, 0.3) is 5.91 Å². The van der Waals surface area contributed by atoms with E-state index in [1.54, 1.807) is 41.3 Å². The molecular weight excluding hydrogens is 363 g/mol. The van der Waals surface area contributed by atoms with Gasteiger partial charge >= 0.3 is 0 Å². The summed E-state index contributed by atoms with van der Waals surface area (Å²) in [6, 6.07) is 12.2. The maximum Gasteiger partial charge on any atom is 0.262 e. The Morgan fingerprint density at radius 2 is 2.00 bits per heavy atom. The summed E-state index contributed by atoms with van der Waals surface area (Å²) in [5.41, 5.74) is 1.31. The molecule has 7 heteroatoms. The molecule has 0 saturated carbocycles. The zero-order valence-corrected chi connectivity index (χ0v) is 15.0. The normalized spacial score (nSPS) is 16.0. The van der Waals surface area contributed by atoms with Crippen molar-refractivity contribution in [3.63, 3.8) is 0 Å². The molecule has 0 aliphatic carbocycles. The number of halogens is 2. The summed E-state index contributed by atoms with van der Waals surface area (Å²) in [6.07, 6.45) is -0.658. The van der Waals surface area contributed by atoms with E-state index in [0.29, 0.717) is 27.0 Å². The van der Waals surface area contributed by atoms with Gasteiger partial charge in [0, 0.05) is 17.1 Å². The molecule has 2 amide bonds. The summed E-state index contributed by atoms with van der Waals surface area (Å²) < 4.78 is 5.71. The van der Waals surface area contributed by atoms with Crippen molar-refractivity contribution < 1.29 is 14.3 Å². The van der Waals surface area contributed by atoms with Crippen LogP contribution in [-0.4, -0.2) is 31.5 Å². The summed E-state index contributed by atoms with van der Waals surface area (Å²) in [5, 5.41) is 3.50. The number of likely N-dealkylation sites (N-methyl/N-ethyl adjacent to an activating group) is 1. The summed E-state index contributed by atoms with van der Waals surface area (Å²) >= 11 is 12.1. The lowest BCUT2D eigenvalue weighted by molar-refractivity contribution is -0.127. The molecule has 3 rings (SSSR count). The smallest absolute Gasteiger partial charge is 0.262 e. The number of amides is 2. The zero-order valence-electron chi connectivity index (χ0n) is 13.5. The van der Waals surface area contributed by atoms with Gasteiger partial charge in [0.05, 0.1) is 18.7 Å². The molecule has 0 bridgehead atoms. The topological polar surface area (TPSA) is 58.6 Å². The number of benzene rings is 2. The van der Waals surface area contributed by atoms with Gasteiger partial charge in [-0.1, -0.05) is 41.4 Å². The Kier molecular flexibility index (Phi) is 5.16. The van der Waals surface area contributed by atoms with Crippen LogP contribution in [0, 0.1) is 0 Å². The molecule has 1 N–H and O–H groups in total. The van der Waals surface area contributed by atoms with E-state index in [0.717, 1.165) is 0 Å². The van der Waals surface area contributed by atoms with Gasteiger partial charge in [-0.05, 0) is 29.8 Å². The Labute approximate surface area is 155 Å². The van der Waals surface area contributed by atoms with E-state index in [9.17, 15) is 9.59 Å². The number of anilines is 1. The fourth-order valence-corrected chi connectivity index (χ4v) is 3.17. The molecule has 0 fully saturated rings. The third-order valence-corrected chi connectivity index (χ3v) is 4.56. The van der Waals surface area contributed by atoms with Crippen LogP contribution in [0.2, 0.25) is 10.0 Å². The monoisotopic (exact) mass is 378 g/mol. The number of para-hydroxylation sites is 2. The number of ether oxygens (including phenoxy) is 1. The Morgan fingerprint density at radius 3 is 2.72 bits per heavy atom. The molecule has 0 aromatic heterocycles. The number of hydrogen-bond acceptors (Lipinski definition) is 3. The van der Waals surface area contributed by atoms with Crippen LogP contribution < -0.4 is 15.0 Å². The number of carbonyl (C=O) groups excluding carboxylic acids is 2. The number of fused-ring (bicyclic) bond motifs is 1. The Bertz CT molecular complexity index is 826. The first-order valence-corrected chi connectivity index (χ1v) is 8.46. The second-order valence-corrected chi connectivity index (χ2v) is 6.45. The van der Waals surface area contributed by atoms with Crippen molar-refractivity contribution in [2.75, 3.05) is 18.5 Å². The molecular formula is C18H16Cl2N2O3. The fourth-order valence-electron chi connectivity index (χ4n) is 2.69. The van der Waals surface area contributed by atoms with E-state index in [-0.39, 0.29) is 24.8 Å². The lowest BCUT2D eigenvalue weighted by Gasteiger charge is -2.34. The Balaban J connectivity index is 1.88. The van der Waals surface area contributed by atoms with Gasteiger partial charge in [0.15, 0.2) is 6.10 Å². The molecule has 0 spiro atoms. The standard InChI is InChI=1S/C18H16Cl2N2O3/c1-21-18(24)16-10-22(14-4-2-3-5-15(14)25-16)17(23)8-11-6-7-12(19)9-13(11)20/h2-7,9,16H,8,10H2,1H3,(H,21,24)/t16-/m0/s1. The van der Waals surface area contributed by atoms with Gasteiger partial charge in [-0.3, -0.25) is 9.59 Å². The summed E-state index contributed by atoms with van der Waals surface area (Å²) in [4.78, 5) is 26.4. The summed E-state index contributed by atoms with van der Waals surface area (Å²) in [6.45, 7) is 0.140. The number of hydrogen-bond donors (Lipinski definition) is 1. The van der Waals surface area contributed by atoms with Gasteiger partial charge in [0.1, 0.15) is 5.75 Å². The van der Waals surface area contributed by atoms with Crippen molar-refractivity contribution in [2.24, 2.45) is 0 Å². The highest BCUT2D eigenvalue weighted by atomic mass is 35.5. The lowest BCUT2D eigenvalue weighted by Crippen LogP contribution is -2.50. The van der Waals surface area contributed by atoms with E-state index < -0.39 is 6.10 Å². The van der Waals surface area contributed by atoms with Crippen LogP contribution in [0.4, 0.5) is 5.69 Å². The van der Waals surface area contributed by atoms with Gasteiger partial charge in [-0.25, -0.2) is 0 Å². The van der Waals surface area contributed by atoms with E-state index in [1.165, 1.54) is 7.05 Å². The Hall–Kier alpha value is -2.24. The first-order chi connectivity index (χ1) is 12.0. The van der Waals surface area contributed by atoms with Crippen molar-refractivity contribution in [3.8, 4) is 5.75 Å². The highest BCUT2D eigenvalue weighted by Gasteiger charge is 2.33. The van der Waals surface area contributed by atoms with E-state index >= 15 is 0 Å². The predicted molar refractivity (Wildman–Crippen MR) is 97.4 cm³/mol. The zero-order chi connectivity index (χ0) is 18.0. The van der Waals surface area contributed by atoms with E-state index in [2.05, 4.69) is 5.32 Å². The minimum absolute atomic E-state index is 0.102. The highest BCUT2D eigenvalue weighted by Crippen LogP contribution is 2.34. The minimum Gasteiger partial charge on any atom is -0.477 e. The first kappa shape index (κ1) is 17.6. The fraction of sp³-hybridized carbons (Fsp3) is 0.222. The van der Waals surface area contributed by atoms with Crippen LogP contribution in [0.5, 0.6) is 5.75 Å². The lowest BCUT2D eigenvalue weighted by atomic mass is 10.1. The third-order valence-electron chi connectivity index (χ3n) is 3.97. The number of carbonyl (C=O) groups is 2. The SMILES string of the molecule is CNC(=O)[C@@H]1CN(C(=O)Cc2ccc(Cl)cc2Cl)c2ccccc2O1. The average Bonchev–Trinajstić information content (AvgIpc) is 2.62. The van der Waals surface area contributed by atoms with Gasteiger partial charge in [-0.2, -0.15) is 0 Å². The third kappa shape index (κ3) is 3.72. The van der Waals surface area contributed by atoms with Crippen LogP contribution in [0.15, 0.2) is 42.5 Å². The maximum absolute atomic E-state index is 12.9. The van der Waals surface area contributed by atoms with E-state index in [4.69, 9.17) is 27.9 Å². The molecule has 1 heterocycles. The van der Waals surface area contributed by atoms with Gasteiger partial charge in [-0.15, -0.1) is 0 Å². The average molecular weight is 379 g/mol. The number of rotatable bonds is 3. The van der Waals surface area contributed by atoms with Gasteiger partial charge < -0.3 is 15.0 Å². The van der Waals surface area contributed by atoms with Crippen LogP contribution in [0.1, 0.15) is 5.56 Å². The van der Waals surface area contributed by atoms with Gasteiger partial charge in [0.2, 0.25) is 5.91 Å². The number of nitrogens with one attached hydrogen (secondary N) is 1. The van der Waals surface area contributed by atoms with Crippen molar-refractivity contribution in [2.45, 2.75) is 12.5 Å². The van der Waals surface area contributed by atoms with E-state index in [1.807, 2.05) is 6.07 Å². The maximum atomic E-state index is 12.9. The molecule has 2 aromatic carbocycles. The second kappa shape index (κ2) is 7.33. The molecule has 0 unspecified atom stereocenters. The molecule has 2 aromatic rings. The van der Waals surface area contributed by atoms with Crippen molar-refractivity contribution >= 4 is 40.7 Å². The minimum atomic E-state index is -0.760. The van der Waals surface area contributed by atoms with Crippen LogP contribution in [0.25, 0.3) is 0 Å². The highest BCUT2D eigenvalue weighted by molar-refractivity contribution is 6.35. The first-order valence-electron chi connectivity index (χ1n) is 7.71. The second-order valence-electron chi connectivity index (χ2n) is 5.61. The molecule has 25 heavy (non-hydrogen) atoms. The van der Waals surface area contributed by atoms with Crippen molar-refractivity contribution in [3.05, 3.63) is 58.1 Å². The summed E-state index contributed by atoms with van der Waals surface area (Å²) in [7, 11) is 1.53. The predicted octanol–water partition coefficient (Wildman–Crippen LogP) is 3.08. The van der Waals surface area contributed by atoms with Crippen molar-refractivity contribution in [1.29, 1.82) is 0 Å². The van der Waals surface area contributed by atoms with Crippen LogP contribution >= 0.6 is 23.2 Å². The molecule has 130 valence electrons.